The van der Waals surface area contributed by atoms with Crippen LogP contribution in [-0.2, 0) is 9.47 Å². The molecule has 0 spiro atoms. The summed E-state index contributed by atoms with van der Waals surface area (Å²) in [5.74, 6) is -1.06. The zero-order valence-corrected chi connectivity index (χ0v) is 13.4. The van der Waals surface area contributed by atoms with Gasteiger partial charge in [0.2, 0.25) is 0 Å². The van der Waals surface area contributed by atoms with Gasteiger partial charge in [0.05, 0.1) is 0 Å². The monoisotopic (exact) mass is 308 g/mol. The number of ether oxygens (including phenoxy) is 2. The Morgan fingerprint density at radius 3 is 1.43 bits per heavy atom. The summed E-state index contributed by atoms with van der Waals surface area (Å²) in [6, 6.07) is 19.8. The molecule has 4 nitrogen and oxygen atoms in total. The summed E-state index contributed by atoms with van der Waals surface area (Å²) in [4.78, 5) is 0. The van der Waals surface area contributed by atoms with Crippen LogP contribution in [0.1, 0.15) is 25.0 Å². The molecule has 1 heterocycles. The SMILES string of the molecule is CCOC1(OCC)C(c2ccccc2)=NN=C1c1ccccc1. The molecule has 0 unspecified atom stereocenters. The first-order valence-electron chi connectivity index (χ1n) is 7.87. The third-order valence-electron chi connectivity index (χ3n) is 3.66. The van der Waals surface area contributed by atoms with Gasteiger partial charge in [-0.05, 0) is 13.8 Å². The lowest BCUT2D eigenvalue weighted by molar-refractivity contribution is -0.133. The van der Waals surface area contributed by atoms with Crippen LogP contribution in [0.3, 0.4) is 0 Å². The van der Waals surface area contributed by atoms with E-state index < -0.39 is 5.79 Å². The first kappa shape index (κ1) is 15.6. The highest BCUT2D eigenvalue weighted by molar-refractivity contribution is 6.27. The normalized spacial score (nSPS) is 16.1. The molecule has 118 valence electrons. The molecular weight excluding hydrogens is 288 g/mol. The number of hydrogen-bond donors (Lipinski definition) is 0. The summed E-state index contributed by atoms with van der Waals surface area (Å²) in [6.07, 6.45) is 0. The van der Waals surface area contributed by atoms with E-state index in [2.05, 4.69) is 10.2 Å². The first-order chi connectivity index (χ1) is 11.3. The van der Waals surface area contributed by atoms with Crippen molar-refractivity contribution in [3.05, 3.63) is 71.8 Å². The molecule has 0 amide bonds. The quantitative estimate of drug-likeness (QED) is 0.764. The molecule has 1 aliphatic heterocycles. The molecule has 0 aliphatic carbocycles. The second-order valence-electron chi connectivity index (χ2n) is 5.11. The third kappa shape index (κ3) is 2.83. The minimum atomic E-state index is -1.06. The van der Waals surface area contributed by atoms with Gasteiger partial charge in [-0.25, -0.2) is 0 Å². The molecule has 3 rings (SSSR count). The van der Waals surface area contributed by atoms with Crippen LogP contribution in [0, 0.1) is 0 Å². The van der Waals surface area contributed by atoms with Gasteiger partial charge in [-0.3, -0.25) is 0 Å². The highest BCUT2D eigenvalue weighted by Crippen LogP contribution is 2.31. The maximum Gasteiger partial charge on any atom is 0.262 e. The fourth-order valence-electron chi connectivity index (χ4n) is 2.75. The summed E-state index contributed by atoms with van der Waals surface area (Å²) in [7, 11) is 0. The number of hydrogen-bond acceptors (Lipinski definition) is 4. The van der Waals surface area contributed by atoms with E-state index in [1.165, 1.54) is 0 Å². The van der Waals surface area contributed by atoms with E-state index in [0.717, 1.165) is 11.1 Å². The molecule has 0 saturated heterocycles. The van der Waals surface area contributed by atoms with E-state index in [1.807, 2.05) is 74.5 Å². The van der Waals surface area contributed by atoms with Crippen molar-refractivity contribution in [2.75, 3.05) is 13.2 Å². The lowest BCUT2D eigenvalue weighted by atomic mass is 9.94. The van der Waals surface area contributed by atoms with Gasteiger partial charge in [0.15, 0.2) is 0 Å². The van der Waals surface area contributed by atoms with Gasteiger partial charge in [-0.15, -0.1) is 10.2 Å². The van der Waals surface area contributed by atoms with Crippen LogP contribution in [0.5, 0.6) is 0 Å². The average molecular weight is 308 g/mol. The van der Waals surface area contributed by atoms with Crippen molar-refractivity contribution >= 4 is 11.4 Å². The molecule has 0 radical (unpaired) electrons. The Hall–Kier alpha value is -2.30. The molecule has 23 heavy (non-hydrogen) atoms. The third-order valence-corrected chi connectivity index (χ3v) is 3.66. The van der Waals surface area contributed by atoms with Crippen molar-refractivity contribution < 1.29 is 9.47 Å². The summed E-state index contributed by atoms with van der Waals surface area (Å²) >= 11 is 0. The average Bonchev–Trinajstić information content (AvgIpc) is 2.96. The summed E-state index contributed by atoms with van der Waals surface area (Å²) in [5.41, 5.74) is 3.29. The van der Waals surface area contributed by atoms with E-state index >= 15 is 0 Å². The molecule has 0 aromatic heterocycles. The fourth-order valence-corrected chi connectivity index (χ4v) is 2.75. The number of benzene rings is 2. The number of nitrogens with zero attached hydrogens (tertiary/aromatic N) is 2. The molecule has 0 N–H and O–H groups in total. The van der Waals surface area contributed by atoms with Gasteiger partial charge in [-0.1, -0.05) is 60.7 Å². The van der Waals surface area contributed by atoms with Crippen LogP contribution in [0.15, 0.2) is 70.9 Å². The molecule has 0 fully saturated rings. The summed E-state index contributed by atoms with van der Waals surface area (Å²) in [6.45, 7) is 4.89. The predicted octanol–water partition coefficient (Wildman–Crippen LogP) is 3.66. The smallest absolute Gasteiger partial charge is 0.262 e. The Balaban J connectivity index is 2.09. The van der Waals surface area contributed by atoms with E-state index in [1.54, 1.807) is 0 Å². The van der Waals surface area contributed by atoms with Crippen LogP contribution in [0.2, 0.25) is 0 Å². The van der Waals surface area contributed by atoms with Crippen LogP contribution in [0.4, 0.5) is 0 Å². The van der Waals surface area contributed by atoms with Crippen LogP contribution < -0.4 is 0 Å². The molecular formula is C19H20N2O2. The van der Waals surface area contributed by atoms with E-state index in [-0.39, 0.29) is 0 Å². The van der Waals surface area contributed by atoms with Crippen molar-refractivity contribution in [1.82, 2.24) is 0 Å². The lowest BCUT2D eigenvalue weighted by Gasteiger charge is -2.31. The Kier molecular flexibility index (Phi) is 4.65. The Bertz CT molecular complexity index is 645. The fraction of sp³-hybridized carbons (Fsp3) is 0.263. The molecule has 2 aromatic carbocycles. The van der Waals surface area contributed by atoms with Crippen LogP contribution >= 0.6 is 0 Å². The van der Waals surface area contributed by atoms with Gasteiger partial charge >= 0.3 is 0 Å². The molecule has 0 saturated carbocycles. The van der Waals surface area contributed by atoms with E-state index in [4.69, 9.17) is 9.47 Å². The van der Waals surface area contributed by atoms with Gasteiger partial charge in [-0.2, -0.15) is 0 Å². The minimum Gasteiger partial charge on any atom is -0.340 e. The van der Waals surface area contributed by atoms with Gasteiger partial charge in [0.1, 0.15) is 11.4 Å². The molecule has 2 aromatic rings. The maximum absolute atomic E-state index is 6.08. The predicted molar refractivity (Wildman–Crippen MR) is 91.9 cm³/mol. The highest BCUT2D eigenvalue weighted by atomic mass is 16.7. The van der Waals surface area contributed by atoms with Crippen molar-refractivity contribution in [2.45, 2.75) is 19.6 Å². The van der Waals surface area contributed by atoms with Crippen molar-refractivity contribution in [3.8, 4) is 0 Å². The second kappa shape index (κ2) is 6.86. The van der Waals surface area contributed by atoms with Gasteiger partial charge in [0, 0.05) is 24.3 Å². The molecule has 1 aliphatic rings. The largest absolute Gasteiger partial charge is 0.340 e. The first-order valence-corrected chi connectivity index (χ1v) is 7.87. The molecule has 0 atom stereocenters. The zero-order chi connectivity index (χ0) is 16.1. The van der Waals surface area contributed by atoms with Crippen molar-refractivity contribution in [2.24, 2.45) is 10.2 Å². The maximum atomic E-state index is 6.08. The lowest BCUT2D eigenvalue weighted by Crippen LogP contribution is -2.50. The summed E-state index contributed by atoms with van der Waals surface area (Å²) in [5, 5.41) is 8.82. The summed E-state index contributed by atoms with van der Waals surface area (Å²) < 4.78 is 12.2. The van der Waals surface area contributed by atoms with Crippen LogP contribution in [0.25, 0.3) is 0 Å². The standard InChI is InChI=1S/C19H20N2O2/c1-3-22-19(23-4-2)17(15-11-7-5-8-12-15)20-21-18(19)16-13-9-6-10-14-16/h5-14H,3-4H2,1-2H3. The van der Waals surface area contributed by atoms with Crippen molar-refractivity contribution in [3.63, 3.8) is 0 Å². The van der Waals surface area contributed by atoms with Crippen molar-refractivity contribution in [1.29, 1.82) is 0 Å². The van der Waals surface area contributed by atoms with Crippen LogP contribution in [-0.4, -0.2) is 30.4 Å². The topological polar surface area (TPSA) is 43.2 Å². The van der Waals surface area contributed by atoms with E-state index in [9.17, 15) is 0 Å². The Morgan fingerprint density at radius 1 is 0.696 bits per heavy atom. The van der Waals surface area contributed by atoms with E-state index in [0.29, 0.717) is 24.6 Å². The Labute approximate surface area is 136 Å². The molecule has 0 bridgehead atoms. The highest BCUT2D eigenvalue weighted by Gasteiger charge is 2.48. The number of rotatable bonds is 6. The minimum absolute atomic E-state index is 0.498. The van der Waals surface area contributed by atoms with Gasteiger partial charge < -0.3 is 9.47 Å². The second-order valence-corrected chi connectivity index (χ2v) is 5.11. The zero-order valence-electron chi connectivity index (χ0n) is 13.4. The van der Waals surface area contributed by atoms with Gasteiger partial charge in [0.25, 0.3) is 5.79 Å². The molecule has 4 heteroatoms. The Morgan fingerprint density at radius 2 is 1.09 bits per heavy atom.